The molecule has 0 fully saturated rings. The van der Waals surface area contributed by atoms with E-state index < -0.39 is 10.0 Å². The molecule has 138 valence electrons. The van der Waals surface area contributed by atoms with Crippen LogP contribution in [0.2, 0.25) is 0 Å². The van der Waals surface area contributed by atoms with Crippen LogP contribution in [0.3, 0.4) is 0 Å². The molecule has 0 bridgehead atoms. The van der Waals surface area contributed by atoms with Crippen molar-refractivity contribution in [1.82, 2.24) is 0 Å². The Labute approximate surface area is 160 Å². The average molecular weight is 379 g/mol. The van der Waals surface area contributed by atoms with Gasteiger partial charge in [0.05, 0.1) is 17.1 Å². The van der Waals surface area contributed by atoms with Gasteiger partial charge in [0.15, 0.2) is 5.78 Å². The van der Waals surface area contributed by atoms with Gasteiger partial charge in [-0.25, -0.2) is 8.42 Å². The van der Waals surface area contributed by atoms with Gasteiger partial charge in [0, 0.05) is 5.56 Å². The number of aryl methyl sites for hydroxylation is 1. The minimum absolute atomic E-state index is 0.0578. The van der Waals surface area contributed by atoms with Crippen molar-refractivity contribution in [3.05, 3.63) is 95.6 Å². The molecule has 0 aliphatic rings. The summed E-state index contributed by atoms with van der Waals surface area (Å²) in [6.45, 7) is 3.61. The Bertz CT molecular complexity index is 1030. The SMILES string of the molecule is CC(=O)c1ccc(N(Cc2ccccc2)S(=O)(=O)c2ccc(C)cc2)cc1. The van der Waals surface area contributed by atoms with Crippen LogP contribution in [0.15, 0.2) is 83.8 Å². The van der Waals surface area contributed by atoms with Crippen LogP contribution in [-0.4, -0.2) is 14.2 Å². The summed E-state index contributed by atoms with van der Waals surface area (Å²) in [4.78, 5) is 11.8. The van der Waals surface area contributed by atoms with E-state index >= 15 is 0 Å². The molecule has 0 amide bonds. The molecule has 0 atom stereocenters. The lowest BCUT2D eigenvalue weighted by molar-refractivity contribution is 0.101. The van der Waals surface area contributed by atoms with Crippen LogP contribution >= 0.6 is 0 Å². The molecule has 0 aromatic heterocycles. The second-order valence-corrected chi connectivity index (χ2v) is 8.28. The molecule has 0 radical (unpaired) electrons. The number of anilines is 1. The van der Waals surface area contributed by atoms with Crippen molar-refractivity contribution in [3.63, 3.8) is 0 Å². The van der Waals surface area contributed by atoms with Crippen LogP contribution < -0.4 is 4.31 Å². The van der Waals surface area contributed by atoms with E-state index in [1.54, 1.807) is 48.5 Å². The van der Waals surface area contributed by atoms with Gasteiger partial charge in [-0.05, 0) is 55.8 Å². The number of hydrogen-bond donors (Lipinski definition) is 0. The van der Waals surface area contributed by atoms with E-state index in [0.29, 0.717) is 11.3 Å². The Morgan fingerprint density at radius 3 is 2.00 bits per heavy atom. The van der Waals surface area contributed by atoms with Gasteiger partial charge in [-0.1, -0.05) is 48.0 Å². The zero-order chi connectivity index (χ0) is 19.4. The largest absolute Gasteiger partial charge is 0.295 e. The van der Waals surface area contributed by atoms with Crippen molar-refractivity contribution in [1.29, 1.82) is 0 Å². The molecule has 0 saturated carbocycles. The Balaban J connectivity index is 2.06. The third-order valence-electron chi connectivity index (χ3n) is 4.34. The number of nitrogens with zero attached hydrogens (tertiary/aromatic N) is 1. The van der Waals surface area contributed by atoms with E-state index in [0.717, 1.165) is 11.1 Å². The monoisotopic (exact) mass is 379 g/mol. The Morgan fingerprint density at radius 2 is 1.44 bits per heavy atom. The van der Waals surface area contributed by atoms with Gasteiger partial charge in [0.25, 0.3) is 10.0 Å². The summed E-state index contributed by atoms with van der Waals surface area (Å²) in [5, 5.41) is 0. The van der Waals surface area contributed by atoms with Crippen LogP contribution in [0.5, 0.6) is 0 Å². The zero-order valence-corrected chi connectivity index (χ0v) is 16.1. The highest BCUT2D eigenvalue weighted by Gasteiger charge is 2.25. The van der Waals surface area contributed by atoms with Gasteiger partial charge < -0.3 is 0 Å². The first-order valence-corrected chi connectivity index (χ1v) is 10.1. The molecule has 0 heterocycles. The summed E-state index contributed by atoms with van der Waals surface area (Å²) < 4.78 is 28.0. The number of carbonyl (C=O) groups excluding carboxylic acids is 1. The normalized spacial score (nSPS) is 11.2. The van der Waals surface area contributed by atoms with Gasteiger partial charge >= 0.3 is 0 Å². The summed E-state index contributed by atoms with van der Waals surface area (Å²) in [6, 6.07) is 22.9. The third kappa shape index (κ3) is 4.26. The maximum Gasteiger partial charge on any atom is 0.264 e. The minimum atomic E-state index is -3.75. The summed E-state index contributed by atoms with van der Waals surface area (Å²) in [5.74, 6) is -0.0578. The number of hydrogen-bond acceptors (Lipinski definition) is 3. The van der Waals surface area contributed by atoms with Crippen LogP contribution in [0.4, 0.5) is 5.69 Å². The number of benzene rings is 3. The molecule has 5 heteroatoms. The Kier molecular flexibility index (Phi) is 5.42. The highest BCUT2D eigenvalue weighted by Crippen LogP contribution is 2.26. The quantitative estimate of drug-likeness (QED) is 0.589. The van der Waals surface area contributed by atoms with Crippen molar-refractivity contribution >= 4 is 21.5 Å². The van der Waals surface area contributed by atoms with Crippen molar-refractivity contribution in [2.75, 3.05) is 4.31 Å². The second-order valence-electron chi connectivity index (χ2n) is 6.41. The van der Waals surface area contributed by atoms with Gasteiger partial charge in [-0.3, -0.25) is 9.10 Å². The van der Waals surface area contributed by atoms with Gasteiger partial charge in [-0.15, -0.1) is 0 Å². The number of Topliss-reactive ketones (excluding diaryl/α,β-unsaturated/α-hetero) is 1. The standard InChI is InChI=1S/C22H21NO3S/c1-17-8-14-22(15-9-17)27(25,26)23(16-19-6-4-3-5-7-19)21-12-10-20(11-13-21)18(2)24/h3-15H,16H2,1-2H3. The van der Waals surface area contributed by atoms with Gasteiger partial charge in [0.2, 0.25) is 0 Å². The molecule has 3 aromatic rings. The lowest BCUT2D eigenvalue weighted by atomic mass is 10.1. The van der Waals surface area contributed by atoms with Crippen molar-refractivity contribution in [2.45, 2.75) is 25.3 Å². The molecule has 0 spiro atoms. The highest BCUT2D eigenvalue weighted by atomic mass is 32.2. The summed E-state index contributed by atoms with van der Waals surface area (Å²) in [7, 11) is -3.75. The number of sulfonamides is 1. The first-order chi connectivity index (χ1) is 12.9. The lowest BCUT2D eigenvalue weighted by Crippen LogP contribution is -2.30. The highest BCUT2D eigenvalue weighted by molar-refractivity contribution is 7.92. The molecule has 0 unspecified atom stereocenters. The van der Waals surface area contributed by atoms with Crippen LogP contribution in [0.1, 0.15) is 28.4 Å². The molecule has 0 saturated heterocycles. The molecule has 0 aliphatic carbocycles. The van der Waals surface area contributed by atoms with E-state index in [2.05, 4.69) is 0 Å². The number of carbonyl (C=O) groups is 1. The minimum Gasteiger partial charge on any atom is -0.295 e. The zero-order valence-electron chi connectivity index (χ0n) is 15.3. The fraction of sp³-hybridized carbons (Fsp3) is 0.136. The summed E-state index contributed by atoms with van der Waals surface area (Å²) in [5.41, 5.74) is 2.94. The van der Waals surface area contributed by atoms with Crippen molar-refractivity contribution in [3.8, 4) is 0 Å². The van der Waals surface area contributed by atoms with Crippen molar-refractivity contribution < 1.29 is 13.2 Å². The van der Waals surface area contributed by atoms with Crippen LogP contribution in [0, 0.1) is 6.92 Å². The van der Waals surface area contributed by atoms with Crippen LogP contribution in [0.25, 0.3) is 0 Å². The molecule has 4 nitrogen and oxygen atoms in total. The first-order valence-electron chi connectivity index (χ1n) is 8.62. The first kappa shape index (κ1) is 18.9. The third-order valence-corrected chi connectivity index (χ3v) is 6.13. The maximum atomic E-state index is 13.3. The summed E-state index contributed by atoms with van der Waals surface area (Å²) in [6.07, 6.45) is 0. The van der Waals surface area contributed by atoms with E-state index in [1.165, 1.54) is 11.2 Å². The Hall–Kier alpha value is -2.92. The fourth-order valence-corrected chi connectivity index (χ4v) is 4.22. The molecule has 3 aromatic carbocycles. The lowest BCUT2D eigenvalue weighted by Gasteiger charge is -2.25. The number of ketones is 1. The molecular weight excluding hydrogens is 358 g/mol. The predicted molar refractivity (Wildman–Crippen MR) is 107 cm³/mol. The summed E-state index contributed by atoms with van der Waals surface area (Å²) >= 11 is 0. The molecule has 3 rings (SSSR count). The van der Waals surface area contributed by atoms with E-state index in [1.807, 2.05) is 37.3 Å². The topological polar surface area (TPSA) is 54.5 Å². The van der Waals surface area contributed by atoms with Crippen molar-refractivity contribution in [2.24, 2.45) is 0 Å². The van der Waals surface area contributed by atoms with E-state index in [4.69, 9.17) is 0 Å². The second kappa shape index (κ2) is 7.76. The smallest absolute Gasteiger partial charge is 0.264 e. The van der Waals surface area contributed by atoms with Gasteiger partial charge in [0.1, 0.15) is 0 Å². The fourth-order valence-electron chi connectivity index (χ4n) is 2.76. The number of rotatable bonds is 6. The predicted octanol–water partition coefficient (Wildman–Crippen LogP) is 4.59. The van der Waals surface area contributed by atoms with E-state index in [9.17, 15) is 13.2 Å². The molecule has 27 heavy (non-hydrogen) atoms. The average Bonchev–Trinajstić information content (AvgIpc) is 2.67. The van der Waals surface area contributed by atoms with Gasteiger partial charge in [-0.2, -0.15) is 0 Å². The van der Waals surface area contributed by atoms with Crippen LogP contribution in [-0.2, 0) is 16.6 Å². The Morgan fingerprint density at radius 1 is 0.852 bits per heavy atom. The van der Waals surface area contributed by atoms with E-state index in [-0.39, 0.29) is 17.2 Å². The maximum absolute atomic E-state index is 13.3. The molecule has 0 aliphatic heterocycles. The molecular formula is C22H21NO3S. The molecule has 0 N–H and O–H groups in total.